The molecular formula is C23H27N3O5S2. The molecule has 3 aromatic rings. The van der Waals surface area contributed by atoms with Gasteiger partial charge in [-0.15, -0.1) is 11.8 Å². The van der Waals surface area contributed by atoms with Crippen LogP contribution < -0.4 is 0 Å². The first-order chi connectivity index (χ1) is 15.9. The zero-order valence-electron chi connectivity index (χ0n) is 18.6. The lowest BCUT2D eigenvalue weighted by molar-refractivity contribution is -0.144. The Balaban J connectivity index is 1.50. The number of aryl methyl sites for hydroxylation is 1. The fraction of sp³-hybridized carbons (Fsp3) is 0.391. The molecule has 8 nitrogen and oxygen atoms in total. The van der Waals surface area contributed by atoms with Crippen molar-refractivity contribution in [3.63, 3.8) is 0 Å². The summed E-state index contributed by atoms with van der Waals surface area (Å²) in [6.45, 7) is 5.88. The fourth-order valence-corrected chi connectivity index (χ4v) is 6.04. The molecule has 1 saturated heterocycles. The zero-order chi connectivity index (χ0) is 23.4. The Kier molecular flexibility index (Phi) is 7.38. The number of hydrogen-bond acceptors (Lipinski definition) is 7. The number of rotatable bonds is 8. The van der Waals surface area contributed by atoms with Crippen LogP contribution in [-0.4, -0.2) is 59.8 Å². The van der Waals surface area contributed by atoms with Gasteiger partial charge in [0.05, 0.1) is 29.1 Å². The molecule has 33 heavy (non-hydrogen) atoms. The molecule has 0 aliphatic carbocycles. The molecule has 0 N–H and O–H groups in total. The van der Waals surface area contributed by atoms with Gasteiger partial charge in [-0.3, -0.25) is 4.79 Å². The maximum absolute atomic E-state index is 13.0. The normalized spacial score (nSPS) is 16.1. The molecule has 1 atom stereocenters. The number of aromatic nitrogens is 2. The van der Waals surface area contributed by atoms with Crippen LogP contribution in [0.2, 0.25) is 0 Å². The maximum Gasteiger partial charge on any atom is 0.319 e. The first-order valence-corrected chi connectivity index (χ1v) is 13.2. The van der Waals surface area contributed by atoms with E-state index in [-0.39, 0.29) is 22.7 Å². The predicted molar refractivity (Wildman–Crippen MR) is 127 cm³/mol. The Bertz CT molecular complexity index is 1220. The lowest BCUT2D eigenvalue weighted by Crippen LogP contribution is -2.40. The number of nitrogens with zero attached hydrogens (tertiary/aromatic N) is 3. The number of fused-ring (bicyclic) bond motifs is 1. The van der Waals surface area contributed by atoms with Crippen LogP contribution in [0.15, 0.2) is 58.3 Å². The molecule has 1 aliphatic heterocycles. The molecule has 0 bridgehead atoms. The lowest BCUT2D eigenvalue weighted by Gasteiger charge is -2.26. The van der Waals surface area contributed by atoms with Crippen molar-refractivity contribution in [3.05, 3.63) is 54.4 Å². The molecule has 1 aliphatic rings. The summed E-state index contributed by atoms with van der Waals surface area (Å²) in [5.41, 5.74) is 1.36. The molecule has 4 rings (SSSR count). The average Bonchev–Trinajstić information content (AvgIpc) is 3.20. The number of imidazole rings is 1. The molecule has 2 aromatic carbocycles. The van der Waals surface area contributed by atoms with Crippen molar-refractivity contribution in [2.75, 3.05) is 26.3 Å². The smallest absolute Gasteiger partial charge is 0.319 e. The summed E-state index contributed by atoms with van der Waals surface area (Å²) < 4.78 is 40.2. The van der Waals surface area contributed by atoms with Crippen LogP contribution in [0.3, 0.4) is 0 Å². The number of ether oxygens (including phenoxy) is 2. The van der Waals surface area contributed by atoms with E-state index in [9.17, 15) is 13.2 Å². The van der Waals surface area contributed by atoms with Gasteiger partial charge in [0, 0.05) is 24.5 Å². The van der Waals surface area contributed by atoms with Crippen molar-refractivity contribution in [1.82, 2.24) is 13.9 Å². The van der Waals surface area contributed by atoms with E-state index in [1.54, 1.807) is 18.2 Å². The summed E-state index contributed by atoms with van der Waals surface area (Å²) >= 11 is 1.44. The minimum absolute atomic E-state index is 0.0204. The third kappa shape index (κ3) is 5.24. The number of esters is 1. The van der Waals surface area contributed by atoms with Crippen molar-refractivity contribution in [2.45, 2.75) is 42.0 Å². The van der Waals surface area contributed by atoms with Gasteiger partial charge < -0.3 is 14.0 Å². The summed E-state index contributed by atoms with van der Waals surface area (Å²) in [5, 5.41) is -0.364. The third-order valence-corrected chi connectivity index (χ3v) is 8.44. The van der Waals surface area contributed by atoms with Crippen LogP contribution in [-0.2, 0) is 37.4 Å². The predicted octanol–water partition coefficient (Wildman–Crippen LogP) is 3.30. The van der Waals surface area contributed by atoms with E-state index in [1.165, 1.54) is 16.1 Å². The third-order valence-electron chi connectivity index (χ3n) is 5.45. The first-order valence-electron chi connectivity index (χ1n) is 10.9. The minimum Gasteiger partial charge on any atom is -0.457 e. The van der Waals surface area contributed by atoms with Gasteiger partial charge in [0.15, 0.2) is 0 Å². The van der Waals surface area contributed by atoms with Gasteiger partial charge in [0.1, 0.15) is 17.7 Å². The fourth-order valence-electron chi connectivity index (χ4n) is 3.72. The standard InChI is InChI=1S/C23H27N3O5S2/c1-3-26-21-10-9-19(33(28,29)25-11-13-30-14-12-25)15-20(21)24-22(26)16-31-23(27)17(2)32-18-7-5-4-6-8-18/h4-10,15,17H,3,11-14,16H2,1-2H3. The van der Waals surface area contributed by atoms with Crippen molar-refractivity contribution < 1.29 is 22.7 Å². The number of sulfonamides is 1. The zero-order valence-corrected chi connectivity index (χ0v) is 20.3. The van der Waals surface area contributed by atoms with E-state index in [0.717, 1.165) is 10.4 Å². The van der Waals surface area contributed by atoms with Gasteiger partial charge in [-0.1, -0.05) is 18.2 Å². The molecule has 0 radical (unpaired) electrons. The molecule has 0 amide bonds. The van der Waals surface area contributed by atoms with Crippen LogP contribution in [0.25, 0.3) is 11.0 Å². The number of carbonyl (C=O) groups excluding carboxylic acids is 1. The van der Waals surface area contributed by atoms with E-state index in [2.05, 4.69) is 4.98 Å². The van der Waals surface area contributed by atoms with Crippen molar-refractivity contribution in [2.24, 2.45) is 0 Å². The second-order valence-electron chi connectivity index (χ2n) is 7.62. The molecule has 2 heterocycles. The molecular weight excluding hydrogens is 462 g/mol. The van der Waals surface area contributed by atoms with Gasteiger partial charge in [0.25, 0.3) is 0 Å². The Labute approximate surface area is 197 Å². The van der Waals surface area contributed by atoms with Gasteiger partial charge in [-0.05, 0) is 44.2 Å². The van der Waals surface area contributed by atoms with Gasteiger partial charge >= 0.3 is 5.97 Å². The van der Waals surface area contributed by atoms with E-state index < -0.39 is 10.0 Å². The Hall–Kier alpha value is -2.40. The van der Waals surface area contributed by atoms with Crippen molar-refractivity contribution in [3.8, 4) is 0 Å². The average molecular weight is 490 g/mol. The van der Waals surface area contributed by atoms with E-state index in [4.69, 9.17) is 9.47 Å². The van der Waals surface area contributed by atoms with Gasteiger partial charge in [-0.25, -0.2) is 13.4 Å². The molecule has 1 unspecified atom stereocenters. The number of hydrogen-bond donors (Lipinski definition) is 0. The minimum atomic E-state index is -3.61. The van der Waals surface area contributed by atoms with Crippen LogP contribution in [0.5, 0.6) is 0 Å². The Morgan fingerprint density at radius 3 is 2.61 bits per heavy atom. The largest absolute Gasteiger partial charge is 0.457 e. The highest BCUT2D eigenvalue weighted by Gasteiger charge is 2.27. The van der Waals surface area contributed by atoms with Crippen LogP contribution in [0.1, 0.15) is 19.7 Å². The van der Waals surface area contributed by atoms with Gasteiger partial charge in [0.2, 0.25) is 10.0 Å². The summed E-state index contributed by atoms with van der Waals surface area (Å²) in [5.74, 6) is 0.257. The highest BCUT2D eigenvalue weighted by Crippen LogP contribution is 2.26. The molecule has 0 spiro atoms. The lowest BCUT2D eigenvalue weighted by atomic mass is 10.3. The summed E-state index contributed by atoms with van der Waals surface area (Å²) in [7, 11) is -3.61. The summed E-state index contributed by atoms with van der Waals surface area (Å²) in [6.07, 6.45) is 0. The highest BCUT2D eigenvalue weighted by molar-refractivity contribution is 8.00. The van der Waals surface area contributed by atoms with Gasteiger partial charge in [-0.2, -0.15) is 4.31 Å². The monoisotopic (exact) mass is 489 g/mol. The highest BCUT2D eigenvalue weighted by atomic mass is 32.2. The topological polar surface area (TPSA) is 90.7 Å². The summed E-state index contributed by atoms with van der Waals surface area (Å²) in [6, 6.07) is 14.6. The number of morpholine rings is 1. The number of benzene rings is 2. The SMILES string of the molecule is CCn1c(COC(=O)C(C)Sc2ccccc2)nc2cc(S(=O)(=O)N3CCOCC3)ccc21. The summed E-state index contributed by atoms with van der Waals surface area (Å²) in [4.78, 5) is 18.3. The van der Waals surface area contributed by atoms with E-state index in [1.807, 2.05) is 48.7 Å². The Morgan fingerprint density at radius 1 is 1.18 bits per heavy atom. The van der Waals surface area contributed by atoms with E-state index in [0.29, 0.717) is 44.2 Å². The van der Waals surface area contributed by atoms with Crippen molar-refractivity contribution in [1.29, 1.82) is 0 Å². The Morgan fingerprint density at radius 2 is 1.91 bits per heavy atom. The maximum atomic E-state index is 13.0. The quantitative estimate of drug-likeness (QED) is 0.354. The molecule has 10 heteroatoms. The molecule has 176 valence electrons. The van der Waals surface area contributed by atoms with E-state index >= 15 is 0 Å². The number of thioether (sulfide) groups is 1. The first kappa shape index (κ1) is 23.7. The van der Waals surface area contributed by atoms with Crippen LogP contribution >= 0.6 is 11.8 Å². The van der Waals surface area contributed by atoms with Crippen molar-refractivity contribution >= 4 is 38.8 Å². The molecule has 1 aromatic heterocycles. The van der Waals surface area contributed by atoms with Crippen LogP contribution in [0, 0.1) is 0 Å². The second kappa shape index (κ2) is 10.3. The molecule has 1 fully saturated rings. The molecule has 0 saturated carbocycles. The second-order valence-corrected chi connectivity index (χ2v) is 11.0. The number of carbonyl (C=O) groups is 1. The van der Waals surface area contributed by atoms with Crippen LogP contribution in [0.4, 0.5) is 0 Å².